The van der Waals surface area contributed by atoms with E-state index in [9.17, 15) is 19.6 Å². The quantitative estimate of drug-likeness (QED) is 0.487. The predicted molar refractivity (Wildman–Crippen MR) is 91.6 cm³/mol. The lowest BCUT2D eigenvalue weighted by atomic mass is 9.75. The number of nitriles is 1. The summed E-state index contributed by atoms with van der Waals surface area (Å²) in [6.45, 7) is 5.90. The molecule has 3 aliphatic rings. The van der Waals surface area contributed by atoms with Gasteiger partial charge in [-0.2, -0.15) is 5.26 Å². The molecule has 0 N–H and O–H groups in total. The third-order valence-electron chi connectivity index (χ3n) is 6.71. The molecule has 0 radical (unpaired) electrons. The van der Waals surface area contributed by atoms with Crippen LogP contribution in [0.4, 0.5) is 0 Å². The smallest absolute Gasteiger partial charge is 0.327 e. The summed E-state index contributed by atoms with van der Waals surface area (Å²) < 4.78 is 11.0. The number of fused-ring (bicyclic) bond motifs is 1. The van der Waals surface area contributed by atoms with Gasteiger partial charge >= 0.3 is 11.9 Å². The van der Waals surface area contributed by atoms with Crippen LogP contribution in [0.2, 0.25) is 0 Å². The highest BCUT2D eigenvalue weighted by Crippen LogP contribution is 2.62. The average Bonchev–Trinajstić information content (AvgIpc) is 3.20. The molecule has 2 aliphatic carbocycles. The van der Waals surface area contributed by atoms with E-state index in [1.54, 1.807) is 0 Å². The first-order chi connectivity index (χ1) is 12.2. The van der Waals surface area contributed by atoms with Crippen LogP contribution >= 0.6 is 0 Å². The molecule has 2 bridgehead atoms. The fourth-order valence-corrected chi connectivity index (χ4v) is 4.59. The number of ketones is 1. The maximum atomic E-state index is 12.2. The molecule has 5 atom stereocenters. The minimum Gasteiger partial charge on any atom is -0.458 e. The van der Waals surface area contributed by atoms with Crippen LogP contribution < -0.4 is 0 Å². The standard InChI is InChI=1S/C20H27NO5/c1-4-19(2,3)14(22)7-5-6-8-15(23)25-16-12-9-13-17(16)26-18(24)20(13,10-12)11-21/h12-13,16-17H,4-10H2,1-3H3. The molecule has 3 rings (SSSR count). The van der Waals surface area contributed by atoms with Crippen LogP contribution in [0.15, 0.2) is 0 Å². The second-order valence-corrected chi connectivity index (χ2v) is 8.58. The van der Waals surface area contributed by atoms with E-state index in [0.29, 0.717) is 32.1 Å². The van der Waals surface area contributed by atoms with Gasteiger partial charge in [0.2, 0.25) is 0 Å². The largest absolute Gasteiger partial charge is 0.458 e. The molecule has 6 nitrogen and oxygen atoms in total. The molecule has 2 saturated carbocycles. The number of Topliss-reactive ketones (excluding diaryl/α,β-unsaturated/α-hetero) is 1. The van der Waals surface area contributed by atoms with Crippen LogP contribution in [0.3, 0.4) is 0 Å². The van der Waals surface area contributed by atoms with Gasteiger partial charge in [-0.05, 0) is 32.1 Å². The van der Waals surface area contributed by atoms with Gasteiger partial charge in [0.1, 0.15) is 18.0 Å². The molecular weight excluding hydrogens is 334 g/mol. The molecule has 0 aromatic rings. The van der Waals surface area contributed by atoms with Crippen LogP contribution in [0.1, 0.15) is 65.7 Å². The van der Waals surface area contributed by atoms with E-state index in [0.717, 1.165) is 6.42 Å². The Morgan fingerprint density at radius 1 is 1.35 bits per heavy atom. The van der Waals surface area contributed by atoms with Gasteiger partial charge in [-0.15, -0.1) is 0 Å². The van der Waals surface area contributed by atoms with Gasteiger partial charge < -0.3 is 9.47 Å². The van der Waals surface area contributed by atoms with E-state index in [-0.39, 0.29) is 35.4 Å². The number of unbranched alkanes of at least 4 members (excludes halogenated alkanes) is 1. The Morgan fingerprint density at radius 2 is 2.04 bits per heavy atom. The van der Waals surface area contributed by atoms with Gasteiger partial charge in [-0.3, -0.25) is 14.4 Å². The fourth-order valence-electron chi connectivity index (χ4n) is 4.59. The van der Waals surface area contributed by atoms with Crippen molar-refractivity contribution in [3.8, 4) is 6.07 Å². The van der Waals surface area contributed by atoms with E-state index in [4.69, 9.17) is 9.47 Å². The Bertz CT molecular complexity index is 664. The Balaban J connectivity index is 1.44. The number of nitrogens with zero attached hydrogens (tertiary/aromatic N) is 1. The van der Waals surface area contributed by atoms with E-state index in [2.05, 4.69) is 6.07 Å². The van der Waals surface area contributed by atoms with E-state index in [1.807, 2.05) is 20.8 Å². The summed E-state index contributed by atoms with van der Waals surface area (Å²) in [5, 5.41) is 9.38. The van der Waals surface area contributed by atoms with Crippen molar-refractivity contribution in [2.75, 3.05) is 0 Å². The third kappa shape index (κ3) is 2.91. The molecule has 5 unspecified atom stereocenters. The van der Waals surface area contributed by atoms with Gasteiger partial charge in [0.25, 0.3) is 0 Å². The number of carbonyl (C=O) groups excluding carboxylic acids is 3. The van der Waals surface area contributed by atoms with Crippen molar-refractivity contribution >= 4 is 17.7 Å². The van der Waals surface area contributed by atoms with Crippen molar-refractivity contribution in [1.29, 1.82) is 5.26 Å². The summed E-state index contributed by atoms with van der Waals surface area (Å²) in [7, 11) is 0. The SMILES string of the molecule is CCC(C)(C)C(=O)CCCCC(=O)OC1C2CC3C1OC(=O)C3(C#N)C2. The van der Waals surface area contributed by atoms with Crippen LogP contribution in [0.5, 0.6) is 0 Å². The molecule has 6 heteroatoms. The lowest BCUT2D eigenvalue weighted by Crippen LogP contribution is -2.39. The van der Waals surface area contributed by atoms with Crippen molar-refractivity contribution in [2.24, 2.45) is 22.7 Å². The van der Waals surface area contributed by atoms with E-state index >= 15 is 0 Å². The molecular formula is C20H27NO5. The highest BCUT2D eigenvalue weighted by molar-refractivity contribution is 5.85. The maximum Gasteiger partial charge on any atom is 0.327 e. The van der Waals surface area contributed by atoms with Gasteiger partial charge in [0, 0.05) is 30.1 Å². The number of rotatable bonds is 8. The zero-order valence-electron chi connectivity index (χ0n) is 15.7. The summed E-state index contributed by atoms with van der Waals surface area (Å²) in [5.41, 5.74) is -1.31. The number of hydrogen-bond donors (Lipinski definition) is 0. The van der Waals surface area contributed by atoms with Gasteiger partial charge in [-0.25, -0.2) is 0 Å². The zero-order chi connectivity index (χ0) is 19.1. The number of esters is 2. The second kappa shape index (κ2) is 6.68. The van der Waals surface area contributed by atoms with Crippen LogP contribution in [0.25, 0.3) is 0 Å². The van der Waals surface area contributed by atoms with Crippen LogP contribution in [-0.4, -0.2) is 29.9 Å². The summed E-state index contributed by atoms with van der Waals surface area (Å²) in [4.78, 5) is 36.3. The highest BCUT2D eigenvalue weighted by atomic mass is 16.6. The first kappa shape index (κ1) is 18.9. The third-order valence-corrected chi connectivity index (χ3v) is 6.71. The van der Waals surface area contributed by atoms with E-state index < -0.39 is 23.6 Å². The Morgan fingerprint density at radius 3 is 2.69 bits per heavy atom. The van der Waals surface area contributed by atoms with Crippen molar-refractivity contribution in [3.63, 3.8) is 0 Å². The first-order valence-corrected chi connectivity index (χ1v) is 9.60. The number of hydrogen-bond acceptors (Lipinski definition) is 6. The van der Waals surface area contributed by atoms with Crippen molar-refractivity contribution in [1.82, 2.24) is 0 Å². The van der Waals surface area contributed by atoms with Crippen molar-refractivity contribution in [3.05, 3.63) is 0 Å². The van der Waals surface area contributed by atoms with Crippen molar-refractivity contribution in [2.45, 2.75) is 77.9 Å². The van der Waals surface area contributed by atoms with Crippen molar-refractivity contribution < 1.29 is 23.9 Å². The first-order valence-electron chi connectivity index (χ1n) is 9.60. The van der Waals surface area contributed by atoms with Crippen LogP contribution in [-0.2, 0) is 23.9 Å². The molecule has 1 heterocycles. The fraction of sp³-hybridized carbons (Fsp3) is 0.800. The number of ether oxygens (including phenoxy) is 2. The Labute approximate surface area is 154 Å². The molecule has 1 saturated heterocycles. The minimum atomic E-state index is -1.01. The minimum absolute atomic E-state index is 0.0342. The molecule has 0 aromatic heterocycles. The van der Waals surface area contributed by atoms with E-state index in [1.165, 1.54) is 0 Å². The Hall–Kier alpha value is -1.90. The molecule has 142 valence electrons. The van der Waals surface area contributed by atoms with Crippen LogP contribution in [0, 0.1) is 34.0 Å². The molecule has 0 amide bonds. The molecule has 0 aromatic carbocycles. The number of carbonyl (C=O) groups is 3. The predicted octanol–water partition coefficient (Wildman–Crippen LogP) is 2.94. The molecule has 0 spiro atoms. The molecule has 3 fully saturated rings. The normalized spacial score (nSPS) is 34.5. The topological polar surface area (TPSA) is 93.5 Å². The molecule has 1 aliphatic heterocycles. The maximum absolute atomic E-state index is 12.2. The molecule has 26 heavy (non-hydrogen) atoms. The lowest BCUT2D eigenvalue weighted by Gasteiger charge is -2.27. The zero-order valence-corrected chi connectivity index (χ0v) is 15.7. The summed E-state index contributed by atoms with van der Waals surface area (Å²) >= 11 is 0. The average molecular weight is 361 g/mol. The summed E-state index contributed by atoms with van der Waals surface area (Å²) in [5.74, 6) is -0.640. The summed E-state index contributed by atoms with van der Waals surface area (Å²) in [6, 6.07) is 2.15. The van der Waals surface area contributed by atoms with Gasteiger partial charge in [0.15, 0.2) is 5.41 Å². The summed E-state index contributed by atoms with van der Waals surface area (Å²) in [6.07, 6.45) is 3.09. The lowest BCUT2D eigenvalue weighted by molar-refractivity contribution is -0.161. The monoisotopic (exact) mass is 361 g/mol. The van der Waals surface area contributed by atoms with Gasteiger partial charge in [-0.1, -0.05) is 20.8 Å². The van der Waals surface area contributed by atoms with Gasteiger partial charge in [0.05, 0.1) is 6.07 Å². The highest BCUT2D eigenvalue weighted by Gasteiger charge is 2.72. The second-order valence-electron chi connectivity index (χ2n) is 8.58. The Kier molecular flexibility index (Phi) is 4.85.